The van der Waals surface area contributed by atoms with Crippen LogP contribution in [0.3, 0.4) is 0 Å². The Morgan fingerprint density at radius 1 is 1.47 bits per heavy atom. The molecule has 0 unspecified atom stereocenters. The molecule has 7 heteroatoms. The van der Waals surface area contributed by atoms with Gasteiger partial charge < -0.3 is 5.73 Å². The van der Waals surface area contributed by atoms with Gasteiger partial charge in [0, 0.05) is 5.56 Å². The van der Waals surface area contributed by atoms with Crippen LogP contribution in [-0.2, 0) is 16.0 Å². The molecular weight excluding hydrogens is 243 g/mol. The number of benzene rings is 1. The van der Waals surface area contributed by atoms with Crippen molar-refractivity contribution in [3.63, 3.8) is 0 Å². The molecule has 0 aliphatic heterocycles. The first-order valence-corrected chi connectivity index (χ1v) is 5.29. The molecule has 0 heterocycles. The number of nitrogens with one attached hydrogen (secondary N) is 1. The van der Waals surface area contributed by atoms with Crippen molar-refractivity contribution < 1.29 is 12.3 Å². The average Bonchev–Trinajstić information content (AvgIpc) is 2.01. The van der Waals surface area contributed by atoms with E-state index in [1.807, 2.05) is 0 Å². The van der Waals surface area contributed by atoms with Gasteiger partial charge in [-0.3, -0.25) is 5.41 Å². The second-order valence-corrected chi connectivity index (χ2v) is 4.16. The van der Waals surface area contributed by atoms with E-state index in [4.69, 9.17) is 11.1 Å². The molecule has 0 spiro atoms. The van der Waals surface area contributed by atoms with E-state index in [0.29, 0.717) is 5.56 Å². The summed E-state index contributed by atoms with van der Waals surface area (Å²) in [6.07, 6.45) is 0. The van der Waals surface area contributed by atoms with Crippen molar-refractivity contribution in [3.05, 3.63) is 35.4 Å². The summed E-state index contributed by atoms with van der Waals surface area (Å²) < 4.78 is 33.0. The zero-order chi connectivity index (χ0) is 10.8. The van der Waals surface area contributed by atoms with Crippen molar-refractivity contribution in [2.75, 3.05) is 0 Å². The number of rotatable bonds is 3. The predicted octanol–water partition coefficient (Wildman–Crippen LogP) is 1.19. The number of hydrogen-bond donors (Lipinski definition) is 2. The van der Waals surface area contributed by atoms with E-state index in [-0.39, 0.29) is 23.8 Å². The van der Waals surface area contributed by atoms with Crippen molar-refractivity contribution in [2.45, 2.75) is 5.75 Å². The van der Waals surface area contributed by atoms with Gasteiger partial charge in [0.05, 0.1) is 0 Å². The van der Waals surface area contributed by atoms with Crippen LogP contribution in [0.1, 0.15) is 11.1 Å². The SMILES string of the molecule is Cl.N=C(N)c1cccc(CS(=O)(=O)F)c1. The smallest absolute Gasteiger partial charge is 0.306 e. The van der Waals surface area contributed by atoms with Crippen LogP contribution in [0.25, 0.3) is 0 Å². The molecule has 3 N–H and O–H groups in total. The van der Waals surface area contributed by atoms with Crippen molar-refractivity contribution in [1.29, 1.82) is 5.41 Å². The summed E-state index contributed by atoms with van der Waals surface area (Å²) in [7, 11) is -4.53. The third kappa shape index (κ3) is 4.75. The van der Waals surface area contributed by atoms with E-state index in [2.05, 4.69) is 0 Å². The van der Waals surface area contributed by atoms with Gasteiger partial charge in [-0.05, 0) is 11.6 Å². The summed E-state index contributed by atoms with van der Waals surface area (Å²) in [5.74, 6) is -0.864. The van der Waals surface area contributed by atoms with Crippen LogP contribution >= 0.6 is 12.4 Å². The predicted molar refractivity (Wildman–Crippen MR) is 58.4 cm³/mol. The monoisotopic (exact) mass is 252 g/mol. The first kappa shape index (κ1) is 13.9. The molecule has 0 bridgehead atoms. The molecule has 15 heavy (non-hydrogen) atoms. The lowest BCUT2D eigenvalue weighted by molar-refractivity contribution is 0.551. The van der Waals surface area contributed by atoms with Crippen LogP contribution in [0.4, 0.5) is 3.89 Å². The molecular formula is C8H10ClFN2O2S. The van der Waals surface area contributed by atoms with Crippen LogP contribution < -0.4 is 5.73 Å². The lowest BCUT2D eigenvalue weighted by Crippen LogP contribution is -2.11. The molecule has 0 aliphatic rings. The highest BCUT2D eigenvalue weighted by molar-refractivity contribution is 7.85. The molecule has 1 rings (SSSR count). The van der Waals surface area contributed by atoms with Gasteiger partial charge in [0.1, 0.15) is 11.6 Å². The van der Waals surface area contributed by atoms with E-state index in [1.165, 1.54) is 18.2 Å². The Kier molecular flexibility index (Phi) is 4.70. The molecule has 0 amide bonds. The summed E-state index contributed by atoms with van der Waals surface area (Å²) >= 11 is 0. The first-order valence-electron chi connectivity index (χ1n) is 3.74. The molecule has 0 saturated heterocycles. The molecule has 0 atom stereocenters. The number of amidine groups is 1. The maximum absolute atomic E-state index is 12.3. The zero-order valence-corrected chi connectivity index (χ0v) is 9.24. The maximum atomic E-state index is 12.3. The van der Waals surface area contributed by atoms with Crippen LogP contribution in [0.5, 0.6) is 0 Å². The maximum Gasteiger partial charge on any atom is 0.306 e. The largest absolute Gasteiger partial charge is 0.384 e. The van der Waals surface area contributed by atoms with Gasteiger partial charge in [0.25, 0.3) is 0 Å². The van der Waals surface area contributed by atoms with Crippen molar-refractivity contribution in [2.24, 2.45) is 5.73 Å². The Hall–Kier alpha value is -1.14. The summed E-state index contributed by atoms with van der Waals surface area (Å²) in [6, 6.07) is 5.91. The lowest BCUT2D eigenvalue weighted by Gasteiger charge is -2.01. The van der Waals surface area contributed by atoms with Gasteiger partial charge in [-0.1, -0.05) is 18.2 Å². The van der Waals surface area contributed by atoms with E-state index in [1.54, 1.807) is 6.07 Å². The Morgan fingerprint density at radius 2 is 2.07 bits per heavy atom. The highest BCUT2D eigenvalue weighted by Crippen LogP contribution is 2.09. The van der Waals surface area contributed by atoms with Gasteiger partial charge in [0.2, 0.25) is 0 Å². The number of hydrogen-bond acceptors (Lipinski definition) is 3. The quantitative estimate of drug-likeness (QED) is 0.482. The second-order valence-electron chi connectivity index (χ2n) is 2.80. The minimum atomic E-state index is -4.53. The molecule has 0 saturated carbocycles. The van der Waals surface area contributed by atoms with Crippen LogP contribution in [0, 0.1) is 5.41 Å². The molecule has 0 radical (unpaired) electrons. The zero-order valence-electron chi connectivity index (χ0n) is 7.60. The van der Waals surface area contributed by atoms with E-state index < -0.39 is 16.0 Å². The molecule has 0 aromatic heterocycles. The molecule has 84 valence electrons. The highest BCUT2D eigenvalue weighted by Gasteiger charge is 2.09. The Bertz CT molecular complexity index is 461. The minimum absolute atomic E-state index is 0. The Morgan fingerprint density at radius 3 is 2.53 bits per heavy atom. The standard InChI is InChI=1S/C8H9FN2O2S.ClH/c9-14(12,13)5-6-2-1-3-7(4-6)8(10)11;/h1-4H,5H2,(H3,10,11);1H. The molecule has 4 nitrogen and oxygen atoms in total. The van der Waals surface area contributed by atoms with Gasteiger partial charge in [-0.25, -0.2) is 0 Å². The topological polar surface area (TPSA) is 84.0 Å². The average molecular weight is 253 g/mol. The van der Waals surface area contributed by atoms with Crippen molar-refractivity contribution >= 4 is 28.5 Å². The van der Waals surface area contributed by atoms with E-state index in [0.717, 1.165) is 0 Å². The Labute approximate surface area is 93.4 Å². The van der Waals surface area contributed by atoms with Gasteiger partial charge in [-0.15, -0.1) is 16.3 Å². The summed E-state index contributed by atoms with van der Waals surface area (Å²) in [4.78, 5) is 0. The van der Waals surface area contributed by atoms with Crippen LogP contribution in [-0.4, -0.2) is 14.3 Å². The number of nitrogens with two attached hydrogens (primary N) is 1. The number of nitrogen functional groups attached to an aromatic ring is 1. The van der Waals surface area contributed by atoms with Gasteiger partial charge >= 0.3 is 10.2 Å². The molecule has 1 aromatic carbocycles. The van der Waals surface area contributed by atoms with Crippen molar-refractivity contribution in [1.82, 2.24) is 0 Å². The fourth-order valence-corrected chi connectivity index (χ4v) is 1.61. The lowest BCUT2D eigenvalue weighted by atomic mass is 10.1. The fourth-order valence-electron chi connectivity index (χ4n) is 1.03. The van der Waals surface area contributed by atoms with Crippen molar-refractivity contribution in [3.8, 4) is 0 Å². The minimum Gasteiger partial charge on any atom is -0.384 e. The highest BCUT2D eigenvalue weighted by atomic mass is 35.5. The normalized spacial score (nSPS) is 10.5. The van der Waals surface area contributed by atoms with E-state index in [9.17, 15) is 12.3 Å². The second kappa shape index (κ2) is 5.09. The third-order valence-electron chi connectivity index (χ3n) is 1.58. The van der Waals surface area contributed by atoms with Crippen LogP contribution in [0.15, 0.2) is 24.3 Å². The van der Waals surface area contributed by atoms with Crippen LogP contribution in [0.2, 0.25) is 0 Å². The summed E-state index contributed by atoms with van der Waals surface area (Å²) in [6.45, 7) is 0. The Balaban J connectivity index is 0.00000196. The first-order chi connectivity index (χ1) is 6.38. The summed E-state index contributed by atoms with van der Waals surface area (Å²) in [5, 5.41) is 7.10. The summed E-state index contributed by atoms with van der Waals surface area (Å²) in [5.41, 5.74) is 5.85. The van der Waals surface area contributed by atoms with Gasteiger partial charge in [0.15, 0.2) is 0 Å². The third-order valence-corrected chi connectivity index (χ3v) is 2.26. The number of halogens is 2. The molecule has 0 fully saturated rings. The van der Waals surface area contributed by atoms with Gasteiger partial charge in [-0.2, -0.15) is 8.42 Å². The fraction of sp³-hybridized carbons (Fsp3) is 0.125. The molecule has 1 aromatic rings. The van der Waals surface area contributed by atoms with E-state index >= 15 is 0 Å². The molecule has 0 aliphatic carbocycles.